The van der Waals surface area contributed by atoms with Crippen LogP contribution < -0.4 is 10.2 Å². The van der Waals surface area contributed by atoms with E-state index in [0.29, 0.717) is 18.1 Å². The zero-order valence-corrected chi connectivity index (χ0v) is 14.7. The third kappa shape index (κ3) is 3.15. The first-order valence-electron chi connectivity index (χ1n) is 8.37. The van der Waals surface area contributed by atoms with Gasteiger partial charge >= 0.3 is 0 Å². The maximum atomic E-state index is 12.5. The molecule has 1 aliphatic heterocycles. The van der Waals surface area contributed by atoms with Crippen LogP contribution in [0.5, 0.6) is 0 Å². The minimum Gasteiger partial charge on any atom is -0.350 e. The molecule has 0 spiro atoms. The average molecular weight is 369 g/mol. The van der Waals surface area contributed by atoms with Gasteiger partial charge in [-0.2, -0.15) is 5.10 Å². The number of anilines is 1. The Morgan fingerprint density at radius 1 is 1.27 bits per heavy atom. The number of rotatable bonds is 4. The summed E-state index contributed by atoms with van der Waals surface area (Å²) in [5.41, 5.74) is 2.43. The highest BCUT2D eigenvalue weighted by Crippen LogP contribution is 2.27. The molecule has 0 radical (unpaired) electrons. The number of halogens is 1. The van der Waals surface area contributed by atoms with Crippen LogP contribution in [0.1, 0.15) is 12.1 Å². The summed E-state index contributed by atoms with van der Waals surface area (Å²) in [6.45, 7) is 0.704. The molecule has 0 aliphatic carbocycles. The molecule has 1 atom stereocenters. The van der Waals surface area contributed by atoms with Crippen LogP contribution in [0.25, 0.3) is 10.9 Å². The fraction of sp³-hybridized carbons (Fsp3) is 0.211. The largest absolute Gasteiger partial charge is 0.350 e. The van der Waals surface area contributed by atoms with Gasteiger partial charge in [-0.3, -0.25) is 14.7 Å². The summed E-state index contributed by atoms with van der Waals surface area (Å²) in [7, 11) is 0. The maximum absolute atomic E-state index is 12.5. The van der Waals surface area contributed by atoms with Gasteiger partial charge in [-0.15, -0.1) is 0 Å². The molecule has 0 bridgehead atoms. The van der Waals surface area contributed by atoms with Crippen molar-refractivity contribution >= 4 is 40.0 Å². The fourth-order valence-corrected chi connectivity index (χ4v) is 3.43. The van der Waals surface area contributed by atoms with Gasteiger partial charge in [0, 0.05) is 29.1 Å². The number of aromatic amines is 1. The Morgan fingerprint density at radius 2 is 2.12 bits per heavy atom. The summed E-state index contributed by atoms with van der Waals surface area (Å²) < 4.78 is 0. The number of para-hydroxylation sites is 1. The van der Waals surface area contributed by atoms with Crippen molar-refractivity contribution in [2.45, 2.75) is 13.0 Å². The normalized spacial score (nSPS) is 17.0. The molecular formula is C19H17ClN4O2. The minimum absolute atomic E-state index is 0.0700. The quantitative estimate of drug-likeness (QED) is 0.743. The second kappa shape index (κ2) is 6.80. The van der Waals surface area contributed by atoms with Crippen molar-refractivity contribution in [3.63, 3.8) is 0 Å². The molecule has 0 saturated carbocycles. The smallest absolute Gasteiger partial charge is 0.227 e. The summed E-state index contributed by atoms with van der Waals surface area (Å²) >= 11 is 6.00. The monoisotopic (exact) mass is 368 g/mol. The first kappa shape index (κ1) is 16.6. The lowest BCUT2D eigenvalue weighted by Gasteiger charge is -2.17. The van der Waals surface area contributed by atoms with Gasteiger partial charge < -0.3 is 10.2 Å². The summed E-state index contributed by atoms with van der Waals surface area (Å²) in [6.07, 6.45) is 0.196. The maximum Gasteiger partial charge on any atom is 0.227 e. The van der Waals surface area contributed by atoms with Crippen molar-refractivity contribution in [3.05, 3.63) is 59.2 Å². The van der Waals surface area contributed by atoms with Crippen LogP contribution in [-0.2, 0) is 16.1 Å². The van der Waals surface area contributed by atoms with E-state index < -0.39 is 0 Å². The van der Waals surface area contributed by atoms with Gasteiger partial charge in [0.1, 0.15) is 0 Å². The van der Waals surface area contributed by atoms with E-state index in [2.05, 4.69) is 15.5 Å². The number of aromatic nitrogens is 2. The lowest BCUT2D eigenvalue weighted by atomic mass is 10.1. The second-order valence-electron chi connectivity index (χ2n) is 6.32. The number of carbonyl (C=O) groups excluding carboxylic acids is 2. The third-order valence-corrected chi connectivity index (χ3v) is 4.83. The molecule has 1 aliphatic rings. The van der Waals surface area contributed by atoms with Gasteiger partial charge in [0.2, 0.25) is 11.8 Å². The Hall–Kier alpha value is -2.86. The minimum atomic E-state index is -0.379. The summed E-state index contributed by atoms with van der Waals surface area (Å²) in [6, 6.07) is 14.8. The molecule has 3 aromatic rings. The van der Waals surface area contributed by atoms with Crippen LogP contribution >= 0.6 is 11.6 Å². The van der Waals surface area contributed by atoms with E-state index in [0.717, 1.165) is 22.3 Å². The highest BCUT2D eigenvalue weighted by Gasteiger charge is 2.35. The average Bonchev–Trinajstić information content (AvgIpc) is 3.23. The van der Waals surface area contributed by atoms with Crippen molar-refractivity contribution in [1.29, 1.82) is 0 Å². The Kier molecular flexibility index (Phi) is 4.34. The summed E-state index contributed by atoms with van der Waals surface area (Å²) in [5.74, 6) is -0.586. The summed E-state index contributed by atoms with van der Waals surface area (Å²) in [4.78, 5) is 26.4. The second-order valence-corrected chi connectivity index (χ2v) is 6.76. The van der Waals surface area contributed by atoms with Gasteiger partial charge in [0.05, 0.1) is 23.7 Å². The number of fused-ring (bicyclic) bond motifs is 1. The zero-order valence-electron chi connectivity index (χ0n) is 13.9. The summed E-state index contributed by atoms with van der Waals surface area (Å²) in [5, 5.41) is 11.6. The lowest BCUT2D eigenvalue weighted by molar-refractivity contribution is -0.126. The van der Waals surface area contributed by atoms with E-state index in [1.807, 2.05) is 30.3 Å². The standard InChI is InChI=1S/C19H17ClN4O2/c20-13-4-3-5-14(9-13)24-11-12(8-18(24)25)19(26)21-10-17-15-6-1-2-7-16(15)22-23-17/h1-7,9,12H,8,10-11H2,(H,21,26)(H,22,23)/t12-/m0/s1. The van der Waals surface area contributed by atoms with Crippen LogP contribution in [-0.4, -0.2) is 28.6 Å². The number of hydrogen-bond acceptors (Lipinski definition) is 3. The first-order chi connectivity index (χ1) is 12.6. The SMILES string of the molecule is O=C(NCc1[nH]nc2ccccc12)[C@H]1CC(=O)N(c2cccc(Cl)c2)C1. The molecule has 2 aromatic carbocycles. The molecule has 1 saturated heterocycles. The van der Waals surface area contributed by atoms with Crippen LogP contribution in [0, 0.1) is 5.92 Å². The van der Waals surface area contributed by atoms with Gasteiger partial charge in [-0.1, -0.05) is 35.9 Å². The highest BCUT2D eigenvalue weighted by atomic mass is 35.5. The Balaban J connectivity index is 1.42. The number of H-pyrrole nitrogens is 1. The van der Waals surface area contributed by atoms with E-state index in [1.54, 1.807) is 23.1 Å². The number of hydrogen-bond donors (Lipinski definition) is 2. The molecule has 1 fully saturated rings. The van der Waals surface area contributed by atoms with Crippen LogP contribution in [0.3, 0.4) is 0 Å². The Bertz CT molecular complexity index is 984. The van der Waals surface area contributed by atoms with Crippen LogP contribution in [0.15, 0.2) is 48.5 Å². The molecule has 26 heavy (non-hydrogen) atoms. The van der Waals surface area contributed by atoms with E-state index in [9.17, 15) is 9.59 Å². The molecule has 7 heteroatoms. The van der Waals surface area contributed by atoms with Crippen molar-refractivity contribution in [1.82, 2.24) is 15.5 Å². The number of nitrogens with one attached hydrogen (secondary N) is 2. The van der Waals surface area contributed by atoms with Crippen LogP contribution in [0.2, 0.25) is 5.02 Å². The predicted molar refractivity (Wildman–Crippen MR) is 99.9 cm³/mol. The van der Waals surface area contributed by atoms with E-state index >= 15 is 0 Å². The van der Waals surface area contributed by atoms with Crippen molar-refractivity contribution in [2.75, 3.05) is 11.4 Å². The van der Waals surface area contributed by atoms with Crippen molar-refractivity contribution in [2.24, 2.45) is 5.92 Å². The molecule has 2 N–H and O–H groups in total. The third-order valence-electron chi connectivity index (χ3n) is 4.60. The van der Waals surface area contributed by atoms with Crippen LogP contribution in [0.4, 0.5) is 5.69 Å². The fourth-order valence-electron chi connectivity index (χ4n) is 3.25. The molecule has 6 nitrogen and oxygen atoms in total. The topological polar surface area (TPSA) is 78.1 Å². The molecule has 4 rings (SSSR count). The number of nitrogens with zero attached hydrogens (tertiary/aromatic N) is 2. The number of amides is 2. The van der Waals surface area contributed by atoms with E-state index in [-0.39, 0.29) is 24.2 Å². The van der Waals surface area contributed by atoms with Gasteiger partial charge in [0.15, 0.2) is 0 Å². The Labute approximate surface area is 155 Å². The van der Waals surface area contributed by atoms with Crippen molar-refractivity contribution < 1.29 is 9.59 Å². The zero-order chi connectivity index (χ0) is 18.1. The van der Waals surface area contributed by atoms with Crippen molar-refractivity contribution in [3.8, 4) is 0 Å². The Morgan fingerprint density at radius 3 is 2.96 bits per heavy atom. The molecule has 2 heterocycles. The molecule has 0 unspecified atom stereocenters. The lowest BCUT2D eigenvalue weighted by Crippen LogP contribution is -2.32. The predicted octanol–water partition coefficient (Wildman–Crippen LogP) is 2.89. The van der Waals surface area contributed by atoms with Gasteiger partial charge in [-0.25, -0.2) is 0 Å². The molecule has 1 aromatic heterocycles. The van der Waals surface area contributed by atoms with E-state index in [4.69, 9.17) is 11.6 Å². The molecule has 2 amide bonds. The molecule has 132 valence electrons. The molecular weight excluding hydrogens is 352 g/mol. The van der Waals surface area contributed by atoms with E-state index in [1.165, 1.54) is 0 Å². The highest BCUT2D eigenvalue weighted by molar-refractivity contribution is 6.31. The van der Waals surface area contributed by atoms with Gasteiger partial charge in [-0.05, 0) is 24.3 Å². The number of benzene rings is 2. The first-order valence-corrected chi connectivity index (χ1v) is 8.75. The van der Waals surface area contributed by atoms with Gasteiger partial charge in [0.25, 0.3) is 0 Å². The number of carbonyl (C=O) groups is 2.